The third-order valence-electron chi connectivity index (χ3n) is 1.11. The van der Waals surface area contributed by atoms with E-state index in [9.17, 15) is 4.57 Å². The highest BCUT2D eigenvalue weighted by atomic mass is 31.1. The van der Waals surface area contributed by atoms with Gasteiger partial charge >= 0.3 is 8.25 Å². The Kier molecular flexibility index (Phi) is 13.4. The molecule has 0 aliphatic carbocycles. The molecule has 1 atom stereocenters. The summed E-state index contributed by atoms with van der Waals surface area (Å²) in [5.74, 6) is 0.898. The van der Waals surface area contributed by atoms with E-state index in [4.69, 9.17) is 4.89 Å². The number of rotatable bonds is 4. The quantitative estimate of drug-likeness (QED) is 0.701. The van der Waals surface area contributed by atoms with Gasteiger partial charge in [-0.05, 0) is 12.8 Å². The molecule has 0 rings (SSSR count). The SMILES string of the molecule is CCCC(C)C.CCO[P+](=O)O. The lowest BCUT2D eigenvalue weighted by Gasteiger charge is -1.95. The molecule has 0 aliphatic rings. The Hall–Kier alpha value is 0.0200. The highest BCUT2D eigenvalue weighted by Crippen LogP contribution is 2.12. The maximum absolute atomic E-state index is 9.53. The zero-order valence-corrected chi connectivity index (χ0v) is 9.30. The molecule has 0 aromatic carbocycles. The van der Waals surface area contributed by atoms with Gasteiger partial charge in [-0.1, -0.05) is 33.6 Å². The second kappa shape index (κ2) is 11.0. The molecule has 0 fully saturated rings. The van der Waals surface area contributed by atoms with Crippen LogP contribution in [0.1, 0.15) is 40.5 Å². The van der Waals surface area contributed by atoms with E-state index in [0.29, 0.717) is 6.61 Å². The van der Waals surface area contributed by atoms with E-state index in [-0.39, 0.29) is 0 Å². The molecule has 0 bridgehead atoms. The lowest BCUT2D eigenvalue weighted by atomic mass is 10.1. The van der Waals surface area contributed by atoms with Crippen molar-refractivity contribution < 1.29 is 14.0 Å². The van der Waals surface area contributed by atoms with Gasteiger partial charge in [0.2, 0.25) is 0 Å². The van der Waals surface area contributed by atoms with Crippen molar-refractivity contribution in [1.82, 2.24) is 0 Å². The highest BCUT2D eigenvalue weighted by molar-refractivity contribution is 7.32. The van der Waals surface area contributed by atoms with Crippen LogP contribution in [0.4, 0.5) is 0 Å². The minimum atomic E-state index is -2.35. The molecular weight excluding hydrogens is 175 g/mol. The molecule has 0 aliphatic heterocycles. The maximum Gasteiger partial charge on any atom is 0.694 e. The monoisotopic (exact) mass is 195 g/mol. The van der Waals surface area contributed by atoms with Crippen LogP contribution in [0.5, 0.6) is 0 Å². The zero-order valence-electron chi connectivity index (χ0n) is 8.41. The standard InChI is InChI=1S/C6H14.C2H5O3P/c1-4-5-6(2)3;1-2-5-6(3)4/h6H,4-5H2,1-3H3;2H2,1H3/p+1. The fourth-order valence-corrected chi connectivity index (χ4v) is 0.909. The van der Waals surface area contributed by atoms with Crippen molar-refractivity contribution in [2.24, 2.45) is 5.92 Å². The topological polar surface area (TPSA) is 46.5 Å². The fraction of sp³-hybridized carbons (Fsp3) is 1.00. The van der Waals surface area contributed by atoms with Gasteiger partial charge in [0.05, 0.1) is 0 Å². The Balaban J connectivity index is 0. The number of hydrogen-bond donors (Lipinski definition) is 1. The van der Waals surface area contributed by atoms with E-state index < -0.39 is 8.25 Å². The molecule has 0 saturated heterocycles. The molecule has 0 amide bonds. The van der Waals surface area contributed by atoms with E-state index in [1.165, 1.54) is 12.8 Å². The van der Waals surface area contributed by atoms with Gasteiger partial charge in [-0.3, -0.25) is 0 Å². The Morgan fingerprint density at radius 3 is 1.92 bits per heavy atom. The number of hydrogen-bond acceptors (Lipinski definition) is 2. The van der Waals surface area contributed by atoms with Gasteiger partial charge in [0.1, 0.15) is 6.61 Å². The van der Waals surface area contributed by atoms with Crippen LogP contribution in [0.3, 0.4) is 0 Å². The van der Waals surface area contributed by atoms with E-state index in [0.717, 1.165) is 5.92 Å². The molecule has 74 valence electrons. The predicted molar refractivity (Wildman–Crippen MR) is 51.2 cm³/mol. The second-order valence-corrected chi connectivity index (χ2v) is 3.57. The predicted octanol–water partition coefficient (Wildman–Crippen LogP) is 3.12. The molecule has 1 N–H and O–H groups in total. The van der Waals surface area contributed by atoms with E-state index >= 15 is 0 Å². The fourth-order valence-electron chi connectivity index (χ4n) is 0.688. The normalized spacial score (nSPS) is 10.7. The minimum absolute atomic E-state index is 0.297. The summed E-state index contributed by atoms with van der Waals surface area (Å²) in [5, 5.41) is 0. The average molecular weight is 195 g/mol. The van der Waals surface area contributed by atoms with Gasteiger partial charge in [0, 0.05) is 4.57 Å². The van der Waals surface area contributed by atoms with E-state index in [1.807, 2.05) is 0 Å². The molecule has 4 heteroatoms. The van der Waals surface area contributed by atoms with Gasteiger partial charge < -0.3 is 0 Å². The van der Waals surface area contributed by atoms with Crippen molar-refractivity contribution in [2.75, 3.05) is 6.61 Å². The molecule has 12 heavy (non-hydrogen) atoms. The summed E-state index contributed by atoms with van der Waals surface area (Å²) < 4.78 is 13.6. The van der Waals surface area contributed by atoms with Crippen LogP contribution in [-0.4, -0.2) is 11.5 Å². The van der Waals surface area contributed by atoms with Gasteiger partial charge in [0.15, 0.2) is 0 Å². The highest BCUT2D eigenvalue weighted by Gasteiger charge is 2.06. The second-order valence-electron chi connectivity index (χ2n) is 2.84. The summed E-state index contributed by atoms with van der Waals surface area (Å²) in [6.07, 6.45) is 2.71. The van der Waals surface area contributed by atoms with Crippen molar-refractivity contribution >= 4 is 8.25 Å². The molecule has 0 radical (unpaired) electrons. The van der Waals surface area contributed by atoms with Crippen molar-refractivity contribution in [1.29, 1.82) is 0 Å². The van der Waals surface area contributed by atoms with E-state index in [1.54, 1.807) is 6.92 Å². The average Bonchev–Trinajstić information content (AvgIpc) is 1.87. The van der Waals surface area contributed by atoms with Crippen molar-refractivity contribution in [3.05, 3.63) is 0 Å². The summed E-state index contributed by atoms with van der Waals surface area (Å²) in [5.41, 5.74) is 0. The van der Waals surface area contributed by atoms with Crippen LogP contribution in [0, 0.1) is 5.92 Å². The van der Waals surface area contributed by atoms with E-state index in [2.05, 4.69) is 25.3 Å². The van der Waals surface area contributed by atoms with Crippen molar-refractivity contribution in [3.63, 3.8) is 0 Å². The Morgan fingerprint density at radius 1 is 1.42 bits per heavy atom. The third-order valence-corrected chi connectivity index (χ3v) is 1.58. The lowest BCUT2D eigenvalue weighted by Crippen LogP contribution is -1.81. The van der Waals surface area contributed by atoms with Gasteiger partial charge in [0.25, 0.3) is 0 Å². The third kappa shape index (κ3) is 22.5. The Labute approximate surface area is 76.1 Å². The zero-order chi connectivity index (χ0) is 9.98. The summed E-state index contributed by atoms with van der Waals surface area (Å²) in [7, 11) is -2.35. The van der Waals surface area contributed by atoms with Gasteiger partial charge in [-0.15, -0.1) is 9.42 Å². The summed E-state index contributed by atoms with van der Waals surface area (Å²) in [4.78, 5) is 7.84. The van der Waals surface area contributed by atoms with Crippen LogP contribution in [0.25, 0.3) is 0 Å². The first-order chi connectivity index (χ1) is 5.54. The molecule has 0 spiro atoms. The van der Waals surface area contributed by atoms with Crippen LogP contribution in [0.15, 0.2) is 0 Å². The van der Waals surface area contributed by atoms with Crippen LogP contribution in [-0.2, 0) is 9.09 Å². The molecule has 0 aromatic heterocycles. The first-order valence-electron chi connectivity index (χ1n) is 4.33. The molecule has 1 unspecified atom stereocenters. The molecule has 0 saturated carbocycles. The maximum atomic E-state index is 9.53. The smallest absolute Gasteiger partial charge is 0.133 e. The van der Waals surface area contributed by atoms with Crippen LogP contribution >= 0.6 is 8.25 Å². The summed E-state index contributed by atoms with van der Waals surface area (Å²) in [6.45, 7) is 8.68. The lowest BCUT2D eigenvalue weighted by molar-refractivity contribution is 0.297. The minimum Gasteiger partial charge on any atom is -0.133 e. The largest absolute Gasteiger partial charge is 0.694 e. The molecule has 0 heterocycles. The first-order valence-corrected chi connectivity index (χ1v) is 5.46. The molecule has 3 nitrogen and oxygen atoms in total. The molecule has 0 aromatic rings. The van der Waals surface area contributed by atoms with Gasteiger partial charge in [-0.25, -0.2) is 0 Å². The molecular formula is C8H20O3P+. The summed E-state index contributed by atoms with van der Waals surface area (Å²) in [6, 6.07) is 0. The van der Waals surface area contributed by atoms with Gasteiger partial charge in [-0.2, -0.15) is 0 Å². The summed E-state index contributed by atoms with van der Waals surface area (Å²) >= 11 is 0. The Bertz CT molecular complexity index is 104. The van der Waals surface area contributed by atoms with Crippen LogP contribution < -0.4 is 0 Å². The first kappa shape index (κ1) is 14.5. The van der Waals surface area contributed by atoms with Crippen LogP contribution in [0.2, 0.25) is 0 Å². The van der Waals surface area contributed by atoms with Crippen molar-refractivity contribution in [2.45, 2.75) is 40.5 Å². The Morgan fingerprint density at radius 2 is 1.92 bits per heavy atom. The van der Waals surface area contributed by atoms with Crippen molar-refractivity contribution in [3.8, 4) is 0 Å².